The van der Waals surface area contributed by atoms with E-state index in [-0.39, 0.29) is 12.1 Å². The van der Waals surface area contributed by atoms with Gasteiger partial charge in [-0.05, 0) is 31.5 Å². The molecular formula is C13H15F2NO2. The number of nitrogens with zero attached hydrogens (tertiary/aromatic N) is 1. The van der Waals surface area contributed by atoms with Crippen LogP contribution in [-0.2, 0) is 0 Å². The van der Waals surface area contributed by atoms with Crippen LogP contribution in [-0.4, -0.2) is 41.0 Å². The summed E-state index contributed by atoms with van der Waals surface area (Å²) < 4.78 is 26.4. The standard InChI is InChI=1S/C13H15F2NO2/c1-13(18)4-5-16(8-13)7-12(17)10-6-9(14)2-3-11(10)15/h2-3,6,18H,4-5,7-8H2,1H3. The number of aliphatic hydroxyl groups is 1. The van der Waals surface area contributed by atoms with Crippen LogP contribution >= 0.6 is 0 Å². The van der Waals surface area contributed by atoms with Crippen molar-refractivity contribution < 1.29 is 18.7 Å². The molecule has 1 N–H and O–H groups in total. The van der Waals surface area contributed by atoms with Crippen molar-refractivity contribution in [1.82, 2.24) is 4.90 Å². The number of benzene rings is 1. The van der Waals surface area contributed by atoms with Crippen molar-refractivity contribution in [2.24, 2.45) is 0 Å². The molecule has 0 aromatic heterocycles. The highest BCUT2D eigenvalue weighted by Crippen LogP contribution is 2.20. The largest absolute Gasteiger partial charge is 0.389 e. The minimum absolute atomic E-state index is 0.00345. The zero-order valence-electron chi connectivity index (χ0n) is 10.1. The molecule has 2 rings (SSSR count). The van der Waals surface area contributed by atoms with E-state index in [1.807, 2.05) is 0 Å². The monoisotopic (exact) mass is 255 g/mol. The molecule has 0 bridgehead atoms. The summed E-state index contributed by atoms with van der Waals surface area (Å²) in [5, 5.41) is 9.76. The molecule has 3 nitrogen and oxygen atoms in total. The highest BCUT2D eigenvalue weighted by molar-refractivity contribution is 5.97. The summed E-state index contributed by atoms with van der Waals surface area (Å²) in [6, 6.07) is 2.83. The highest BCUT2D eigenvalue weighted by Gasteiger charge is 2.32. The van der Waals surface area contributed by atoms with Gasteiger partial charge < -0.3 is 5.11 Å². The van der Waals surface area contributed by atoms with E-state index in [0.29, 0.717) is 19.5 Å². The normalized spacial score (nSPS) is 24.4. The van der Waals surface area contributed by atoms with E-state index in [2.05, 4.69) is 0 Å². The molecule has 1 aromatic rings. The molecule has 0 spiro atoms. The molecule has 0 amide bonds. The zero-order valence-corrected chi connectivity index (χ0v) is 10.1. The van der Waals surface area contributed by atoms with Crippen molar-refractivity contribution in [3.05, 3.63) is 35.4 Å². The van der Waals surface area contributed by atoms with Crippen LogP contribution in [0.15, 0.2) is 18.2 Å². The van der Waals surface area contributed by atoms with Crippen LogP contribution in [0.1, 0.15) is 23.7 Å². The summed E-state index contributed by atoms with van der Waals surface area (Å²) in [6.07, 6.45) is 0.575. The predicted octanol–water partition coefficient (Wildman–Crippen LogP) is 1.60. The van der Waals surface area contributed by atoms with Gasteiger partial charge in [-0.1, -0.05) is 0 Å². The molecule has 1 heterocycles. The van der Waals surface area contributed by atoms with Crippen LogP contribution in [0.5, 0.6) is 0 Å². The Morgan fingerprint density at radius 3 is 2.83 bits per heavy atom. The molecule has 5 heteroatoms. The second kappa shape index (κ2) is 4.74. The smallest absolute Gasteiger partial charge is 0.179 e. The second-order valence-electron chi connectivity index (χ2n) is 5.00. The van der Waals surface area contributed by atoms with Crippen LogP contribution in [0.2, 0.25) is 0 Å². The summed E-state index contributed by atoms with van der Waals surface area (Å²) in [5.41, 5.74) is -1.04. The van der Waals surface area contributed by atoms with Gasteiger partial charge in [-0.25, -0.2) is 8.78 Å². The maximum Gasteiger partial charge on any atom is 0.179 e. The third kappa shape index (κ3) is 2.91. The lowest BCUT2D eigenvalue weighted by Crippen LogP contribution is -2.33. The zero-order chi connectivity index (χ0) is 13.3. The van der Waals surface area contributed by atoms with Gasteiger partial charge in [0.1, 0.15) is 11.6 Å². The predicted molar refractivity (Wildman–Crippen MR) is 62.4 cm³/mol. The van der Waals surface area contributed by atoms with Crippen molar-refractivity contribution in [3.8, 4) is 0 Å². The van der Waals surface area contributed by atoms with E-state index in [1.54, 1.807) is 11.8 Å². The Kier molecular flexibility index (Phi) is 3.45. The summed E-state index contributed by atoms with van der Waals surface area (Å²) in [6.45, 7) is 2.64. The minimum atomic E-state index is -0.805. The van der Waals surface area contributed by atoms with Gasteiger partial charge in [0, 0.05) is 13.1 Å². The van der Waals surface area contributed by atoms with Gasteiger partial charge in [-0.15, -0.1) is 0 Å². The fourth-order valence-corrected chi connectivity index (χ4v) is 2.17. The highest BCUT2D eigenvalue weighted by atomic mass is 19.1. The number of hydrogen-bond donors (Lipinski definition) is 1. The molecule has 1 aromatic carbocycles. The first-order valence-corrected chi connectivity index (χ1v) is 5.80. The van der Waals surface area contributed by atoms with Gasteiger partial charge in [0.05, 0.1) is 17.7 Å². The van der Waals surface area contributed by atoms with Crippen LogP contribution in [0.3, 0.4) is 0 Å². The van der Waals surface area contributed by atoms with Crippen molar-refractivity contribution in [1.29, 1.82) is 0 Å². The molecule has 1 fully saturated rings. The average Bonchev–Trinajstić information content (AvgIpc) is 2.61. The molecule has 18 heavy (non-hydrogen) atoms. The van der Waals surface area contributed by atoms with Gasteiger partial charge in [0.15, 0.2) is 5.78 Å². The fraction of sp³-hybridized carbons (Fsp3) is 0.462. The molecule has 1 aliphatic heterocycles. The van der Waals surface area contributed by atoms with Crippen LogP contribution in [0, 0.1) is 11.6 Å². The van der Waals surface area contributed by atoms with E-state index in [9.17, 15) is 18.7 Å². The number of β-amino-alcohol motifs (C(OH)–C–C–N with tert-alkyl or cyclic N) is 1. The lowest BCUT2D eigenvalue weighted by molar-refractivity contribution is 0.0668. The molecule has 98 valence electrons. The average molecular weight is 255 g/mol. The Hall–Kier alpha value is -1.33. The molecular weight excluding hydrogens is 240 g/mol. The minimum Gasteiger partial charge on any atom is -0.389 e. The van der Waals surface area contributed by atoms with E-state index < -0.39 is 23.0 Å². The Morgan fingerprint density at radius 1 is 1.50 bits per heavy atom. The van der Waals surface area contributed by atoms with E-state index in [1.165, 1.54) is 0 Å². The number of ketones is 1. The number of hydrogen-bond acceptors (Lipinski definition) is 3. The topological polar surface area (TPSA) is 40.5 Å². The van der Waals surface area contributed by atoms with Crippen molar-refractivity contribution in [2.45, 2.75) is 18.9 Å². The Bertz CT molecular complexity index is 474. The number of Topliss-reactive ketones (excluding diaryl/α,β-unsaturated/α-hetero) is 1. The molecule has 0 aliphatic carbocycles. The molecule has 1 aliphatic rings. The Labute approximate surface area is 104 Å². The first-order valence-electron chi connectivity index (χ1n) is 5.80. The van der Waals surface area contributed by atoms with Crippen LogP contribution in [0.25, 0.3) is 0 Å². The maximum absolute atomic E-state index is 13.4. The molecule has 1 atom stereocenters. The quantitative estimate of drug-likeness (QED) is 0.834. The van der Waals surface area contributed by atoms with Gasteiger partial charge in [0.2, 0.25) is 0 Å². The number of rotatable bonds is 3. The first kappa shape index (κ1) is 13.1. The molecule has 0 radical (unpaired) electrons. The van der Waals surface area contributed by atoms with Gasteiger partial charge in [-0.2, -0.15) is 0 Å². The summed E-state index contributed by atoms with van der Waals surface area (Å²) >= 11 is 0. The third-order valence-electron chi connectivity index (χ3n) is 3.13. The number of carbonyl (C=O) groups is 1. The number of carbonyl (C=O) groups excluding carboxylic acids is 1. The number of likely N-dealkylation sites (tertiary alicyclic amines) is 1. The van der Waals surface area contributed by atoms with Crippen molar-refractivity contribution in [2.75, 3.05) is 19.6 Å². The van der Waals surface area contributed by atoms with Gasteiger partial charge >= 0.3 is 0 Å². The SMILES string of the molecule is CC1(O)CCN(CC(=O)c2cc(F)ccc2F)C1. The van der Waals surface area contributed by atoms with Gasteiger partial charge in [-0.3, -0.25) is 9.69 Å². The Balaban J connectivity index is 2.06. The maximum atomic E-state index is 13.4. The van der Waals surface area contributed by atoms with Gasteiger partial charge in [0.25, 0.3) is 0 Å². The van der Waals surface area contributed by atoms with Crippen LogP contribution < -0.4 is 0 Å². The van der Waals surface area contributed by atoms with Crippen LogP contribution in [0.4, 0.5) is 8.78 Å². The van der Waals surface area contributed by atoms with E-state index in [0.717, 1.165) is 18.2 Å². The summed E-state index contributed by atoms with van der Waals surface area (Å²) in [5.74, 6) is -1.81. The van der Waals surface area contributed by atoms with Crippen molar-refractivity contribution in [3.63, 3.8) is 0 Å². The third-order valence-corrected chi connectivity index (χ3v) is 3.13. The summed E-state index contributed by atoms with van der Waals surface area (Å²) in [7, 11) is 0. The first-order chi connectivity index (χ1) is 8.37. The second-order valence-corrected chi connectivity index (χ2v) is 5.00. The van der Waals surface area contributed by atoms with Crippen molar-refractivity contribution >= 4 is 5.78 Å². The van der Waals surface area contributed by atoms with E-state index in [4.69, 9.17) is 0 Å². The summed E-state index contributed by atoms with van der Waals surface area (Å²) in [4.78, 5) is 13.6. The molecule has 1 unspecified atom stereocenters. The lowest BCUT2D eigenvalue weighted by atomic mass is 10.1. The molecule has 1 saturated heterocycles. The fourth-order valence-electron chi connectivity index (χ4n) is 2.17. The number of halogens is 2. The Morgan fingerprint density at radius 2 is 2.22 bits per heavy atom. The molecule has 0 saturated carbocycles. The van der Waals surface area contributed by atoms with E-state index >= 15 is 0 Å². The lowest BCUT2D eigenvalue weighted by Gasteiger charge is -2.18.